The molecule has 1 aromatic rings. The van der Waals surface area contributed by atoms with Crippen molar-refractivity contribution in [3.8, 4) is 17.6 Å². The summed E-state index contributed by atoms with van der Waals surface area (Å²) in [5, 5.41) is 8.65. The summed E-state index contributed by atoms with van der Waals surface area (Å²) in [6.07, 6.45) is 2.54. The molecule has 0 saturated carbocycles. The van der Waals surface area contributed by atoms with E-state index in [9.17, 15) is 0 Å². The van der Waals surface area contributed by atoms with Crippen molar-refractivity contribution in [1.29, 1.82) is 0 Å². The fraction of sp³-hybridized carbons (Fsp3) is 0.556. The van der Waals surface area contributed by atoms with Crippen molar-refractivity contribution in [2.24, 2.45) is 5.41 Å². The molecule has 0 spiro atoms. The number of aliphatic hydroxyl groups is 1. The van der Waals surface area contributed by atoms with E-state index < -0.39 is 0 Å². The Hall–Kier alpha value is -1.50. The van der Waals surface area contributed by atoms with Gasteiger partial charge >= 0.3 is 0 Å². The van der Waals surface area contributed by atoms with Gasteiger partial charge in [0.1, 0.15) is 19.0 Å². The SMILES string of the molecule is CC1(C)CCN(CCOc2ccc(C#CCO)cc2)CC1. The Kier molecular flexibility index (Phi) is 5.67. The van der Waals surface area contributed by atoms with Gasteiger partial charge in [-0.25, -0.2) is 0 Å². The van der Waals surface area contributed by atoms with Crippen molar-refractivity contribution < 1.29 is 9.84 Å². The molecule has 2 rings (SSSR count). The molecule has 21 heavy (non-hydrogen) atoms. The van der Waals surface area contributed by atoms with Crippen molar-refractivity contribution >= 4 is 0 Å². The first-order valence-electron chi connectivity index (χ1n) is 7.64. The summed E-state index contributed by atoms with van der Waals surface area (Å²) in [6.45, 7) is 8.65. The molecular weight excluding hydrogens is 262 g/mol. The number of likely N-dealkylation sites (tertiary alicyclic amines) is 1. The van der Waals surface area contributed by atoms with Gasteiger partial charge in [0.2, 0.25) is 0 Å². The Morgan fingerprint density at radius 1 is 1.19 bits per heavy atom. The van der Waals surface area contributed by atoms with E-state index in [1.165, 1.54) is 25.9 Å². The maximum atomic E-state index is 8.65. The summed E-state index contributed by atoms with van der Waals surface area (Å²) in [4.78, 5) is 2.48. The van der Waals surface area contributed by atoms with Crippen molar-refractivity contribution in [2.45, 2.75) is 26.7 Å². The highest BCUT2D eigenvalue weighted by Crippen LogP contribution is 2.29. The van der Waals surface area contributed by atoms with Gasteiger partial charge in [0.05, 0.1) is 0 Å². The third kappa shape index (κ3) is 5.41. The van der Waals surface area contributed by atoms with Crippen LogP contribution in [0.3, 0.4) is 0 Å². The molecule has 0 atom stereocenters. The number of rotatable bonds is 4. The smallest absolute Gasteiger partial charge is 0.119 e. The first-order valence-corrected chi connectivity index (χ1v) is 7.64. The molecule has 1 heterocycles. The molecule has 0 bridgehead atoms. The van der Waals surface area contributed by atoms with Gasteiger partial charge in [0, 0.05) is 12.1 Å². The fourth-order valence-electron chi connectivity index (χ4n) is 2.45. The first-order chi connectivity index (χ1) is 10.1. The van der Waals surface area contributed by atoms with E-state index in [4.69, 9.17) is 9.84 Å². The van der Waals surface area contributed by atoms with Gasteiger partial charge in [-0.3, -0.25) is 4.90 Å². The van der Waals surface area contributed by atoms with Crippen LogP contribution in [0, 0.1) is 17.3 Å². The van der Waals surface area contributed by atoms with Crippen LogP contribution in [0.2, 0.25) is 0 Å². The van der Waals surface area contributed by atoms with Crippen LogP contribution in [0.15, 0.2) is 24.3 Å². The van der Waals surface area contributed by atoms with Crippen LogP contribution in [0.4, 0.5) is 0 Å². The number of aliphatic hydroxyl groups excluding tert-OH is 1. The molecule has 1 fully saturated rings. The molecule has 0 radical (unpaired) electrons. The summed E-state index contributed by atoms with van der Waals surface area (Å²) in [5.41, 5.74) is 1.40. The summed E-state index contributed by atoms with van der Waals surface area (Å²) in [6, 6.07) is 7.70. The van der Waals surface area contributed by atoms with Gasteiger partial charge in [-0.05, 0) is 55.6 Å². The second-order valence-corrected chi connectivity index (χ2v) is 6.34. The molecule has 3 nitrogen and oxygen atoms in total. The van der Waals surface area contributed by atoms with Crippen molar-refractivity contribution in [3.63, 3.8) is 0 Å². The standard InChI is InChI=1S/C18H25NO2/c1-18(2)9-11-19(12-10-18)13-15-21-17-7-5-16(6-8-17)4-3-14-20/h5-8,20H,9-15H2,1-2H3. The van der Waals surface area contributed by atoms with E-state index in [2.05, 4.69) is 30.6 Å². The van der Waals surface area contributed by atoms with Crippen molar-refractivity contribution in [1.82, 2.24) is 4.90 Å². The van der Waals surface area contributed by atoms with Crippen molar-refractivity contribution in [3.05, 3.63) is 29.8 Å². The third-order valence-corrected chi connectivity index (χ3v) is 4.05. The van der Waals surface area contributed by atoms with Crippen molar-refractivity contribution in [2.75, 3.05) is 32.8 Å². The summed E-state index contributed by atoms with van der Waals surface area (Å²) >= 11 is 0. The highest BCUT2D eigenvalue weighted by Gasteiger charge is 2.24. The predicted octanol–water partition coefficient (Wildman–Crippen LogP) is 2.53. The number of nitrogens with zero attached hydrogens (tertiary/aromatic N) is 1. The van der Waals surface area contributed by atoms with Crippen LogP contribution in [0.5, 0.6) is 5.75 Å². The lowest BCUT2D eigenvalue weighted by molar-refractivity contribution is 0.116. The average molecular weight is 287 g/mol. The van der Waals surface area contributed by atoms with Crippen LogP contribution >= 0.6 is 0 Å². The lowest BCUT2D eigenvalue weighted by Gasteiger charge is -2.36. The molecule has 1 aromatic carbocycles. The summed E-state index contributed by atoms with van der Waals surface area (Å²) in [7, 11) is 0. The number of hydrogen-bond acceptors (Lipinski definition) is 3. The molecule has 1 aliphatic rings. The molecule has 114 valence electrons. The Morgan fingerprint density at radius 3 is 2.48 bits per heavy atom. The molecule has 3 heteroatoms. The minimum absolute atomic E-state index is 0.106. The Labute approximate surface area is 127 Å². The first kappa shape index (κ1) is 15.9. The van der Waals surface area contributed by atoms with E-state index in [0.717, 1.165) is 24.5 Å². The number of piperidine rings is 1. The molecular formula is C18H25NO2. The molecule has 1 N–H and O–H groups in total. The number of ether oxygens (including phenoxy) is 1. The summed E-state index contributed by atoms with van der Waals surface area (Å²) < 4.78 is 5.78. The Morgan fingerprint density at radius 2 is 1.86 bits per heavy atom. The maximum absolute atomic E-state index is 8.65. The molecule has 0 amide bonds. The van der Waals surface area contributed by atoms with Crippen LogP contribution in [-0.2, 0) is 0 Å². The highest BCUT2D eigenvalue weighted by atomic mass is 16.5. The van der Waals surface area contributed by atoms with Gasteiger partial charge in [0.25, 0.3) is 0 Å². The highest BCUT2D eigenvalue weighted by molar-refractivity contribution is 5.38. The monoisotopic (exact) mass is 287 g/mol. The second-order valence-electron chi connectivity index (χ2n) is 6.34. The normalized spacial score (nSPS) is 17.9. The average Bonchev–Trinajstić information content (AvgIpc) is 2.48. The topological polar surface area (TPSA) is 32.7 Å². The lowest BCUT2D eigenvalue weighted by Crippen LogP contribution is -2.39. The zero-order chi connectivity index (χ0) is 15.1. The molecule has 1 aliphatic heterocycles. The number of hydrogen-bond donors (Lipinski definition) is 1. The van der Waals surface area contributed by atoms with E-state index in [1.807, 2.05) is 24.3 Å². The fourth-order valence-corrected chi connectivity index (χ4v) is 2.45. The maximum Gasteiger partial charge on any atom is 0.119 e. The van der Waals surface area contributed by atoms with E-state index in [1.54, 1.807) is 0 Å². The molecule has 0 aliphatic carbocycles. The van der Waals surface area contributed by atoms with Crippen LogP contribution in [0.25, 0.3) is 0 Å². The van der Waals surface area contributed by atoms with Crippen LogP contribution in [0.1, 0.15) is 32.3 Å². The Bertz CT molecular complexity index is 486. The van der Waals surface area contributed by atoms with Gasteiger partial charge in [0.15, 0.2) is 0 Å². The second kappa shape index (κ2) is 7.49. The predicted molar refractivity (Wildman–Crippen MR) is 85.4 cm³/mol. The van der Waals surface area contributed by atoms with Crippen LogP contribution in [-0.4, -0.2) is 42.9 Å². The molecule has 0 unspecified atom stereocenters. The van der Waals surface area contributed by atoms with E-state index >= 15 is 0 Å². The molecule has 0 aromatic heterocycles. The van der Waals surface area contributed by atoms with Gasteiger partial charge < -0.3 is 9.84 Å². The minimum atomic E-state index is -0.106. The number of benzene rings is 1. The zero-order valence-corrected chi connectivity index (χ0v) is 13.1. The summed E-state index contributed by atoms with van der Waals surface area (Å²) in [5.74, 6) is 6.38. The molecule has 1 saturated heterocycles. The van der Waals surface area contributed by atoms with Gasteiger partial charge in [-0.1, -0.05) is 25.7 Å². The van der Waals surface area contributed by atoms with Gasteiger partial charge in [-0.15, -0.1) is 0 Å². The largest absolute Gasteiger partial charge is 0.492 e. The Balaban J connectivity index is 1.71. The van der Waals surface area contributed by atoms with E-state index in [-0.39, 0.29) is 6.61 Å². The zero-order valence-electron chi connectivity index (χ0n) is 13.1. The minimum Gasteiger partial charge on any atom is -0.492 e. The quantitative estimate of drug-likeness (QED) is 0.864. The van der Waals surface area contributed by atoms with E-state index in [0.29, 0.717) is 5.41 Å². The van der Waals surface area contributed by atoms with Gasteiger partial charge in [-0.2, -0.15) is 0 Å². The third-order valence-electron chi connectivity index (χ3n) is 4.05. The van der Waals surface area contributed by atoms with Crippen LogP contribution < -0.4 is 4.74 Å². The lowest BCUT2D eigenvalue weighted by atomic mass is 9.83.